The van der Waals surface area contributed by atoms with Gasteiger partial charge in [-0.25, -0.2) is 4.79 Å². The summed E-state index contributed by atoms with van der Waals surface area (Å²) in [5, 5.41) is 21.0. The quantitative estimate of drug-likeness (QED) is 0.147. The maximum atomic E-state index is 13.1. The number of carbonyl (C=O) groups excluding carboxylic acids is 4. The first-order chi connectivity index (χ1) is 18.7. The van der Waals surface area contributed by atoms with Gasteiger partial charge in [0.05, 0.1) is 26.4 Å². The zero-order valence-corrected chi connectivity index (χ0v) is 22.2. The van der Waals surface area contributed by atoms with Crippen LogP contribution in [0.2, 0.25) is 0 Å². The Morgan fingerprint density at radius 3 is 2.33 bits per heavy atom. The molecule has 0 bridgehead atoms. The molecule has 1 heterocycles. The highest BCUT2D eigenvalue weighted by atomic mass is 17.0. The zero-order valence-electron chi connectivity index (χ0n) is 22.2. The Morgan fingerprint density at radius 1 is 1.03 bits per heavy atom. The molecule has 1 aromatic carbocycles. The third-order valence-corrected chi connectivity index (χ3v) is 5.58. The largest absolute Gasteiger partial charge is 0.392 e. The average Bonchev–Trinajstić information content (AvgIpc) is 3.42. The van der Waals surface area contributed by atoms with E-state index in [1.54, 1.807) is 38.1 Å². The molecule has 5 amide bonds. The SMILES string of the molecule is CC(C)[C@H](NC(=O)CCOCCN1OC=CO1)C(=O)N[C@@H](CCCNC(N)=O)C(=O)Nc1ccc(CO)cc1. The number of amides is 5. The van der Waals surface area contributed by atoms with Gasteiger partial charge in [-0.2, -0.15) is 0 Å². The smallest absolute Gasteiger partial charge is 0.312 e. The van der Waals surface area contributed by atoms with Crippen molar-refractivity contribution in [2.24, 2.45) is 11.7 Å². The number of ether oxygens (including phenoxy) is 1. The summed E-state index contributed by atoms with van der Waals surface area (Å²) in [6.45, 7) is 4.39. The second-order valence-electron chi connectivity index (χ2n) is 9.03. The number of aliphatic hydroxyl groups excluding tert-OH is 1. The van der Waals surface area contributed by atoms with Crippen molar-refractivity contribution in [3.63, 3.8) is 0 Å². The highest BCUT2D eigenvalue weighted by Crippen LogP contribution is 2.12. The summed E-state index contributed by atoms with van der Waals surface area (Å²) in [6.07, 6.45) is 3.37. The van der Waals surface area contributed by atoms with E-state index in [2.05, 4.69) is 21.3 Å². The van der Waals surface area contributed by atoms with Gasteiger partial charge in [-0.1, -0.05) is 26.0 Å². The fourth-order valence-corrected chi connectivity index (χ4v) is 3.47. The molecule has 1 aromatic rings. The molecule has 0 radical (unpaired) electrons. The number of nitrogens with one attached hydrogen (secondary N) is 4. The highest BCUT2D eigenvalue weighted by Gasteiger charge is 2.28. The number of urea groups is 1. The van der Waals surface area contributed by atoms with Crippen molar-refractivity contribution in [2.45, 2.75) is 51.8 Å². The van der Waals surface area contributed by atoms with Gasteiger partial charge in [-0.3, -0.25) is 14.4 Å². The van der Waals surface area contributed by atoms with Crippen LogP contribution in [0, 0.1) is 5.92 Å². The van der Waals surface area contributed by atoms with Crippen LogP contribution in [0.25, 0.3) is 0 Å². The molecule has 1 aliphatic rings. The first-order valence-electron chi connectivity index (χ1n) is 12.7. The van der Waals surface area contributed by atoms with Crippen LogP contribution in [0.3, 0.4) is 0 Å². The van der Waals surface area contributed by atoms with Gasteiger partial charge in [0.15, 0.2) is 12.5 Å². The molecule has 0 spiro atoms. The summed E-state index contributed by atoms with van der Waals surface area (Å²) in [4.78, 5) is 59.6. The molecule has 0 saturated carbocycles. The molecule has 2 atom stereocenters. The lowest BCUT2D eigenvalue weighted by atomic mass is 10.0. The summed E-state index contributed by atoms with van der Waals surface area (Å²) < 4.78 is 5.41. The molecule has 0 aromatic heterocycles. The van der Waals surface area contributed by atoms with Gasteiger partial charge in [0.2, 0.25) is 17.7 Å². The summed E-state index contributed by atoms with van der Waals surface area (Å²) in [6, 6.07) is 4.08. The van der Waals surface area contributed by atoms with E-state index in [0.717, 1.165) is 0 Å². The van der Waals surface area contributed by atoms with Crippen molar-refractivity contribution >= 4 is 29.4 Å². The van der Waals surface area contributed by atoms with Crippen molar-refractivity contribution in [3.05, 3.63) is 42.4 Å². The topological polar surface area (TPSA) is 194 Å². The minimum Gasteiger partial charge on any atom is -0.392 e. The molecule has 0 unspecified atom stereocenters. The fraction of sp³-hybridized carbons (Fsp3) is 0.520. The maximum absolute atomic E-state index is 13.1. The second kappa shape index (κ2) is 16.9. The Labute approximate surface area is 227 Å². The predicted octanol–water partition coefficient (Wildman–Crippen LogP) is 0.248. The lowest BCUT2D eigenvalue weighted by Crippen LogP contribution is -2.54. The van der Waals surface area contributed by atoms with Crippen molar-refractivity contribution in [1.29, 1.82) is 0 Å². The Bertz CT molecular complexity index is 964. The van der Waals surface area contributed by atoms with Crippen molar-refractivity contribution in [1.82, 2.24) is 21.2 Å². The van der Waals surface area contributed by atoms with Crippen molar-refractivity contribution < 1.29 is 38.7 Å². The van der Waals surface area contributed by atoms with Gasteiger partial charge in [-0.05, 0) is 36.5 Å². The monoisotopic (exact) mass is 550 g/mol. The van der Waals surface area contributed by atoms with Gasteiger partial charge in [0.1, 0.15) is 12.1 Å². The molecule has 2 rings (SSSR count). The minimum atomic E-state index is -0.948. The molecular formula is C25H38N6O8. The normalized spacial score (nSPS) is 14.2. The van der Waals surface area contributed by atoms with Crippen molar-refractivity contribution in [2.75, 3.05) is 31.6 Å². The first-order valence-corrected chi connectivity index (χ1v) is 12.7. The van der Waals surface area contributed by atoms with Gasteiger partial charge < -0.3 is 46.5 Å². The Morgan fingerprint density at radius 2 is 1.72 bits per heavy atom. The molecule has 0 fully saturated rings. The number of anilines is 1. The molecule has 216 valence electrons. The number of hydrogen-bond acceptors (Lipinski definition) is 9. The summed E-state index contributed by atoms with van der Waals surface area (Å²) in [7, 11) is 0. The van der Waals surface area contributed by atoms with E-state index in [9.17, 15) is 24.3 Å². The summed E-state index contributed by atoms with van der Waals surface area (Å²) in [5.74, 6) is -1.63. The van der Waals surface area contributed by atoms with Gasteiger partial charge >= 0.3 is 6.03 Å². The van der Waals surface area contributed by atoms with E-state index < -0.39 is 29.9 Å². The van der Waals surface area contributed by atoms with Crippen LogP contribution in [-0.2, 0) is 35.4 Å². The Balaban J connectivity index is 1.91. The fourth-order valence-electron chi connectivity index (χ4n) is 3.47. The van der Waals surface area contributed by atoms with Gasteiger partial charge in [0, 0.05) is 23.9 Å². The molecular weight excluding hydrogens is 512 g/mol. The lowest BCUT2D eigenvalue weighted by molar-refractivity contribution is -0.288. The number of hydrogen-bond donors (Lipinski definition) is 6. The van der Waals surface area contributed by atoms with Gasteiger partial charge in [0.25, 0.3) is 0 Å². The highest BCUT2D eigenvalue weighted by molar-refractivity contribution is 5.98. The number of carbonyl (C=O) groups is 4. The first kappa shape index (κ1) is 31.3. The molecule has 0 aliphatic carbocycles. The molecule has 0 saturated heterocycles. The average molecular weight is 551 g/mol. The zero-order chi connectivity index (χ0) is 28.6. The lowest BCUT2D eigenvalue weighted by Gasteiger charge is -2.25. The number of benzene rings is 1. The Kier molecular flexibility index (Phi) is 13.5. The summed E-state index contributed by atoms with van der Waals surface area (Å²) in [5.41, 5.74) is 6.26. The van der Waals surface area contributed by atoms with Crippen LogP contribution in [0.15, 0.2) is 36.8 Å². The van der Waals surface area contributed by atoms with Crippen LogP contribution in [0.1, 0.15) is 38.7 Å². The number of rotatable bonds is 17. The third kappa shape index (κ3) is 12.0. The van der Waals surface area contributed by atoms with E-state index in [0.29, 0.717) is 24.2 Å². The van der Waals surface area contributed by atoms with Crippen LogP contribution in [0.4, 0.5) is 10.5 Å². The molecule has 39 heavy (non-hydrogen) atoms. The maximum Gasteiger partial charge on any atom is 0.312 e. The number of primary amides is 1. The van der Waals surface area contributed by atoms with Crippen LogP contribution >= 0.6 is 0 Å². The van der Waals surface area contributed by atoms with E-state index in [-0.39, 0.29) is 51.0 Å². The second-order valence-corrected chi connectivity index (χ2v) is 9.03. The molecule has 14 heteroatoms. The van der Waals surface area contributed by atoms with Gasteiger partial charge in [-0.15, -0.1) is 0 Å². The third-order valence-electron chi connectivity index (χ3n) is 5.58. The van der Waals surface area contributed by atoms with E-state index >= 15 is 0 Å². The summed E-state index contributed by atoms with van der Waals surface area (Å²) >= 11 is 0. The van der Waals surface area contributed by atoms with E-state index in [1.807, 2.05) is 0 Å². The molecule has 7 N–H and O–H groups in total. The number of nitrogens with two attached hydrogens (primary N) is 1. The standard InChI is InChI=1S/C25H38N6O8/c1-17(2)22(30-21(33)9-12-37-13-11-31-38-14-15-39-31)24(35)29-20(4-3-10-27-25(26)36)23(34)28-19-7-5-18(16-32)6-8-19/h5-8,14-15,17,20,22,32H,3-4,9-13,16H2,1-2H3,(H,28,34)(H,29,35)(H,30,33)(H3,26,27,36)/t20-,22-/m0/s1. The van der Waals surface area contributed by atoms with Crippen LogP contribution in [0.5, 0.6) is 0 Å². The molecule has 1 aliphatic heterocycles. The van der Waals surface area contributed by atoms with E-state index in [1.165, 1.54) is 17.8 Å². The predicted molar refractivity (Wildman–Crippen MR) is 140 cm³/mol. The number of nitrogens with zero attached hydrogens (tertiary/aromatic N) is 1. The van der Waals surface area contributed by atoms with Crippen molar-refractivity contribution in [3.8, 4) is 0 Å². The number of aliphatic hydroxyl groups is 1. The van der Waals surface area contributed by atoms with E-state index in [4.69, 9.17) is 20.1 Å². The minimum absolute atomic E-state index is 0.0308. The van der Waals surface area contributed by atoms with Crippen LogP contribution < -0.4 is 27.0 Å². The molecule has 14 nitrogen and oxygen atoms in total. The van der Waals surface area contributed by atoms with Crippen LogP contribution in [-0.4, -0.2) is 72.5 Å². The Hall–Kier alpha value is -3.88. The number of hydroxylamine groups is 2.